The van der Waals surface area contributed by atoms with Crippen molar-refractivity contribution in [1.29, 1.82) is 0 Å². The minimum atomic E-state index is 0.595. The van der Waals surface area contributed by atoms with Gasteiger partial charge in [0.15, 0.2) is 0 Å². The number of nitrogens with two attached hydrogens (primary N) is 1. The molecule has 0 atom stereocenters. The van der Waals surface area contributed by atoms with Crippen LogP contribution in [0.25, 0.3) is 11.3 Å². The molecule has 2 aromatic rings. The molecule has 2 N–H and O–H groups in total. The zero-order chi connectivity index (χ0) is 14.9. The summed E-state index contributed by atoms with van der Waals surface area (Å²) in [4.78, 5) is 1.97. The highest BCUT2D eigenvalue weighted by Crippen LogP contribution is 2.39. The molecule has 0 unspecified atom stereocenters. The average Bonchev–Trinajstić information content (AvgIpc) is 2.76. The molecule has 20 heavy (non-hydrogen) atoms. The number of rotatable bonds is 4. The van der Waals surface area contributed by atoms with Gasteiger partial charge in [-0.15, -0.1) is 0 Å². The minimum absolute atomic E-state index is 0.595. The second kappa shape index (κ2) is 5.32. The topological polar surface area (TPSA) is 65.5 Å². The number of nitrogen functional groups attached to an aromatic ring is 1. The smallest absolute Gasteiger partial charge is 0.143 e. The molecule has 0 aliphatic rings. The van der Waals surface area contributed by atoms with Gasteiger partial charge in [-0.2, -0.15) is 5.10 Å². The Balaban J connectivity index is 2.63. The lowest BCUT2D eigenvalue weighted by molar-refractivity contribution is 0.405. The number of benzene rings is 1. The van der Waals surface area contributed by atoms with Crippen molar-refractivity contribution >= 4 is 11.5 Å². The monoisotopic (exact) mass is 276 g/mol. The fourth-order valence-corrected chi connectivity index (χ4v) is 2.04. The molecule has 1 aromatic carbocycles. The van der Waals surface area contributed by atoms with Crippen molar-refractivity contribution in [2.45, 2.75) is 0 Å². The number of nitrogens with zero attached hydrogens (tertiary/aromatic N) is 3. The standard InChI is InChI=1S/C14H20N4O2/c1-17(2)11-8-12(19-4)9(6-13(11)20-5)10-7-14(15)18(3)16-10/h6-8H,15H2,1-5H3. The first-order chi connectivity index (χ1) is 9.47. The lowest BCUT2D eigenvalue weighted by Crippen LogP contribution is -2.10. The van der Waals surface area contributed by atoms with E-state index in [9.17, 15) is 0 Å². The number of ether oxygens (including phenoxy) is 2. The largest absolute Gasteiger partial charge is 0.496 e. The van der Waals surface area contributed by atoms with E-state index in [4.69, 9.17) is 15.2 Å². The SMILES string of the molecule is COc1cc(N(C)C)c(OC)cc1-c1cc(N)n(C)n1. The molecule has 0 saturated heterocycles. The van der Waals surface area contributed by atoms with Gasteiger partial charge in [0.1, 0.15) is 17.3 Å². The molecule has 0 fully saturated rings. The van der Waals surface area contributed by atoms with Crippen molar-refractivity contribution in [2.24, 2.45) is 7.05 Å². The first-order valence-corrected chi connectivity index (χ1v) is 6.21. The number of anilines is 2. The Hall–Kier alpha value is -2.37. The molecule has 0 bridgehead atoms. The van der Waals surface area contributed by atoms with Crippen LogP contribution in [0.5, 0.6) is 11.5 Å². The Bertz CT molecular complexity index is 600. The minimum Gasteiger partial charge on any atom is -0.496 e. The van der Waals surface area contributed by atoms with Crippen LogP contribution in [0.1, 0.15) is 0 Å². The highest BCUT2D eigenvalue weighted by atomic mass is 16.5. The Labute approximate surface area is 118 Å². The van der Waals surface area contributed by atoms with Crippen LogP contribution in [0.4, 0.5) is 11.5 Å². The van der Waals surface area contributed by atoms with Gasteiger partial charge in [0.25, 0.3) is 0 Å². The maximum atomic E-state index is 5.84. The Morgan fingerprint density at radius 1 is 1.10 bits per heavy atom. The normalized spacial score (nSPS) is 10.4. The summed E-state index contributed by atoms with van der Waals surface area (Å²) in [6.07, 6.45) is 0. The van der Waals surface area contributed by atoms with E-state index in [1.165, 1.54) is 0 Å². The van der Waals surface area contributed by atoms with Crippen molar-refractivity contribution in [1.82, 2.24) is 9.78 Å². The van der Waals surface area contributed by atoms with Crippen molar-refractivity contribution in [2.75, 3.05) is 38.9 Å². The van der Waals surface area contributed by atoms with Crippen molar-refractivity contribution < 1.29 is 9.47 Å². The highest BCUT2D eigenvalue weighted by Gasteiger charge is 2.16. The van der Waals surface area contributed by atoms with Crippen LogP contribution in [0.15, 0.2) is 18.2 Å². The van der Waals surface area contributed by atoms with Crippen molar-refractivity contribution in [3.05, 3.63) is 18.2 Å². The molecule has 0 aliphatic heterocycles. The molecular formula is C14H20N4O2. The molecule has 108 valence electrons. The van der Waals surface area contributed by atoms with E-state index in [-0.39, 0.29) is 0 Å². The third-order valence-corrected chi connectivity index (χ3v) is 3.17. The molecule has 0 amide bonds. The van der Waals surface area contributed by atoms with E-state index in [1.54, 1.807) is 25.9 Å². The van der Waals surface area contributed by atoms with Gasteiger partial charge in [0, 0.05) is 38.8 Å². The van der Waals surface area contributed by atoms with E-state index >= 15 is 0 Å². The Morgan fingerprint density at radius 2 is 1.75 bits per heavy atom. The predicted octanol–water partition coefficient (Wildman–Crippen LogP) is 1.75. The van der Waals surface area contributed by atoms with Gasteiger partial charge in [-0.05, 0) is 6.07 Å². The van der Waals surface area contributed by atoms with Crippen LogP contribution in [0.3, 0.4) is 0 Å². The zero-order valence-corrected chi connectivity index (χ0v) is 12.5. The van der Waals surface area contributed by atoms with Gasteiger partial charge in [0.05, 0.1) is 25.6 Å². The van der Waals surface area contributed by atoms with Gasteiger partial charge in [-0.3, -0.25) is 4.68 Å². The number of hydrogen-bond donors (Lipinski definition) is 1. The van der Waals surface area contributed by atoms with E-state index in [1.807, 2.05) is 37.2 Å². The molecule has 1 aromatic heterocycles. The first-order valence-electron chi connectivity index (χ1n) is 6.21. The summed E-state index contributed by atoms with van der Waals surface area (Å²) in [5.74, 6) is 2.08. The molecule has 2 rings (SSSR count). The van der Waals surface area contributed by atoms with Crippen LogP contribution in [0.2, 0.25) is 0 Å². The zero-order valence-electron chi connectivity index (χ0n) is 12.5. The molecule has 0 aliphatic carbocycles. The quantitative estimate of drug-likeness (QED) is 0.921. The molecular weight excluding hydrogens is 256 g/mol. The summed E-state index contributed by atoms with van der Waals surface area (Å²) < 4.78 is 12.5. The maximum Gasteiger partial charge on any atom is 0.143 e. The third-order valence-electron chi connectivity index (χ3n) is 3.17. The summed E-state index contributed by atoms with van der Waals surface area (Å²) in [6.45, 7) is 0. The lowest BCUT2D eigenvalue weighted by atomic mass is 10.1. The molecule has 6 heteroatoms. The number of hydrogen-bond acceptors (Lipinski definition) is 5. The molecule has 0 spiro atoms. The number of aromatic nitrogens is 2. The average molecular weight is 276 g/mol. The van der Waals surface area contributed by atoms with Gasteiger partial charge in [-0.25, -0.2) is 0 Å². The third kappa shape index (κ3) is 2.36. The van der Waals surface area contributed by atoms with Crippen molar-refractivity contribution in [3.63, 3.8) is 0 Å². The first kappa shape index (κ1) is 14.0. The van der Waals surface area contributed by atoms with Crippen LogP contribution in [-0.2, 0) is 7.05 Å². The van der Waals surface area contributed by atoms with Gasteiger partial charge >= 0.3 is 0 Å². The molecule has 0 radical (unpaired) electrons. The number of aryl methyl sites for hydroxylation is 1. The van der Waals surface area contributed by atoms with E-state index in [0.717, 1.165) is 28.4 Å². The van der Waals surface area contributed by atoms with Crippen molar-refractivity contribution in [3.8, 4) is 22.8 Å². The second-order valence-corrected chi connectivity index (χ2v) is 4.70. The summed E-state index contributed by atoms with van der Waals surface area (Å²) >= 11 is 0. The lowest BCUT2D eigenvalue weighted by Gasteiger charge is -2.19. The van der Waals surface area contributed by atoms with Crippen LogP contribution >= 0.6 is 0 Å². The van der Waals surface area contributed by atoms with Crippen LogP contribution in [0, 0.1) is 0 Å². The summed E-state index contributed by atoms with van der Waals surface area (Å²) in [5, 5.41) is 4.38. The second-order valence-electron chi connectivity index (χ2n) is 4.70. The fraction of sp³-hybridized carbons (Fsp3) is 0.357. The fourth-order valence-electron chi connectivity index (χ4n) is 2.04. The summed E-state index contributed by atoms with van der Waals surface area (Å²) in [5.41, 5.74) is 8.38. The highest BCUT2D eigenvalue weighted by molar-refractivity contribution is 5.77. The predicted molar refractivity (Wildman–Crippen MR) is 80.5 cm³/mol. The van der Waals surface area contributed by atoms with Gasteiger partial charge in [0.2, 0.25) is 0 Å². The summed E-state index contributed by atoms with van der Waals surface area (Å²) in [7, 11) is 8.99. The van der Waals surface area contributed by atoms with Gasteiger partial charge in [-0.1, -0.05) is 0 Å². The van der Waals surface area contributed by atoms with Gasteiger partial charge < -0.3 is 20.1 Å². The Kier molecular flexibility index (Phi) is 3.74. The summed E-state index contributed by atoms with van der Waals surface area (Å²) in [6, 6.07) is 5.65. The van der Waals surface area contributed by atoms with Crippen LogP contribution < -0.4 is 20.1 Å². The molecule has 1 heterocycles. The van der Waals surface area contributed by atoms with E-state index in [2.05, 4.69) is 5.10 Å². The van der Waals surface area contributed by atoms with E-state index < -0.39 is 0 Å². The van der Waals surface area contributed by atoms with E-state index in [0.29, 0.717) is 5.82 Å². The molecule has 0 saturated carbocycles. The van der Waals surface area contributed by atoms with Crippen LogP contribution in [-0.4, -0.2) is 38.1 Å². The molecule has 6 nitrogen and oxygen atoms in total. The number of methoxy groups -OCH3 is 2. The Morgan fingerprint density at radius 3 is 2.20 bits per heavy atom. The maximum absolute atomic E-state index is 5.84.